The number of carbonyl (C=O) groups is 1. The minimum atomic E-state index is -0.480. The number of benzene rings is 1. The molecule has 3 aromatic rings. The lowest BCUT2D eigenvalue weighted by Crippen LogP contribution is -2.25. The molecular formula is C28H31FN6O4. The van der Waals surface area contributed by atoms with Gasteiger partial charge in [-0.15, -0.1) is 0 Å². The molecule has 0 aliphatic carbocycles. The topological polar surface area (TPSA) is 131 Å². The number of oxime groups is 1. The summed E-state index contributed by atoms with van der Waals surface area (Å²) in [6, 6.07) is 9.50. The molecule has 0 radical (unpaired) electrons. The van der Waals surface area contributed by atoms with E-state index in [0.29, 0.717) is 46.9 Å². The highest BCUT2D eigenvalue weighted by molar-refractivity contribution is 6.02. The summed E-state index contributed by atoms with van der Waals surface area (Å²) < 4.78 is 18.7. The van der Waals surface area contributed by atoms with E-state index in [1.54, 1.807) is 19.1 Å². The highest BCUT2D eigenvalue weighted by Crippen LogP contribution is 2.29. The summed E-state index contributed by atoms with van der Waals surface area (Å²) >= 11 is 0. The second kappa shape index (κ2) is 11.9. The Bertz CT molecular complexity index is 1480. The number of carbonyl (C=O) groups excluding carboxylic acids is 1. The summed E-state index contributed by atoms with van der Waals surface area (Å²) in [4.78, 5) is 42.3. The number of aryl methyl sites for hydroxylation is 1. The van der Waals surface area contributed by atoms with Gasteiger partial charge in [0.05, 0.1) is 12.8 Å². The summed E-state index contributed by atoms with van der Waals surface area (Å²) in [5.74, 6) is -0.413. The maximum atomic E-state index is 13.7. The summed E-state index contributed by atoms with van der Waals surface area (Å²) in [6.07, 6.45) is 0.352. The maximum Gasteiger partial charge on any atom is 0.270 e. The largest absolute Gasteiger partial charge is 0.494 e. The third-order valence-electron chi connectivity index (χ3n) is 5.89. The molecule has 0 saturated heterocycles. The zero-order chi connectivity index (χ0) is 28.1. The van der Waals surface area contributed by atoms with Gasteiger partial charge in [-0.2, -0.15) is 0 Å². The summed E-state index contributed by atoms with van der Waals surface area (Å²) in [5.41, 5.74) is 3.77. The van der Waals surface area contributed by atoms with Crippen LogP contribution in [0.1, 0.15) is 65.2 Å². The number of H-pyrrole nitrogens is 1. The molecule has 0 bridgehead atoms. The van der Waals surface area contributed by atoms with Crippen molar-refractivity contribution in [3.63, 3.8) is 0 Å². The Morgan fingerprint density at radius 3 is 2.79 bits per heavy atom. The lowest BCUT2D eigenvalue weighted by molar-refractivity contribution is 0.0855. The number of nitrogens with one attached hydrogen (secondary N) is 3. The van der Waals surface area contributed by atoms with E-state index in [-0.39, 0.29) is 29.6 Å². The number of rotatable bonds is 10. The summed E-state index contributed by atoms with van der Waals surface area (Å²) in [6.45, 7) is 9.89. The van der Waals surface area contributed by atoms with Gasteiger partial charge in [-0.1, -0.05) is 17.8 Å². The number of hydrogen-bond acceptors (Lipinski definition) is 8. The van der Waals surface area contributed by atoms with Gasteiger partial charge in [0.1, 0.15) is 17.2 Å². The lowest BCUT2D eigenvalue weighted by Gasteiger charge is -2.14. The number of hydrogen-bond donors (Lipinski definition) is 3. The van der Waals surface area contributed by atoms with Crippen LogP contribution in [0.5, 0.6) is 5.75 Å². The van der Waals surface area contributed by atoms with Gasteiger partial charge in [-0.25, -0.2) is 14.4 Å². The van der Waals surface area contributed by atoms with Crippen LogP contribution in [0.3, 0.4) is 0 Å². The van der Waals surface area contributed by atoms with Gasteiger partial charge in [0.15, 0.2) is 17.7 Å². The van der Waals surface area contributed by atoms with E-state index < -0.39 is 17.8 Å². The zero-order valence-electron chi connectivity index (χ0n) is 22.3. The second-order valence-electron chi connectivity index (χ2n) is 9.56. The molecule has 1 atom stereocenters. The first kappa shape index (κ1) is 27.5. The summed E-state index contributed by atoms with van der Waals surface area (Å²) in [7, 11) is 1.38. The third kappa shape index (κ3) is 7.07. The van der Waals surface area contributed by atoms with Gasteiger partial charge >= 0.3 is 0 Å². The minimum absolute atomic E-state index is 0.0976. The number of pyridine rings is 1. The first-order chi connectivity index (χ1) is 18.6. The van der Waals surface area contributed by atoms with Crippen LogP contribution in [0.15, 0.2) is 58.6 Å². The Labute approximate surface area is 225 Å². The Kier molecular flexibility index (Phi) is 8.38. The monoisotopic (exact) mass is 534 g/mol. The molecule has 2 aromatic heterocycles. The van der Waals surface area contributed by atoms with Gasteiger partial charge in [-0.05, 0) is 50.6 Å². The molecule has 39 heavy (non-hydrogen) atoms. The van der Waals surface area contributed by atoms with Crippen molar-refractivity contribution in [2.75, 3.05) is 7.11 Å². The van der Waals surface area contributed by atoms with Crippen LogP contribution in [0.25, 0.3) is 0 Å². The zero-order valence-corrected chi connectivity index (χ0v) is 22.3. The Balaban J connectivity index is 1.45. The van der Waals surface area contributed by atoms with E-state index in [4.69, 9.17) is 9.57 Å². The smallest absolute Gasteiger partial charge is 0.270 e. The summed E-state index contributed by atoms with van der Waals surface area (Å²) in [5, 5.41) is 10.2. The third-order valence-corrected chi connectivity index (χ3v) is 5.89. The molecule has 0 fully saturated rings. The first-order valence-electron chi connectivity index (χ1n) is 12.5. The Morgan fingerprint density at radius 1 is 1.26 bits per heavy atom. The van der Waals surface area contributed by atoms with Crippen LogP contribution < -0.4 is 20.9 Å². The van der Waals surface area contributed by atoms with Crippen LogP contribution >= 0.6 is 0 Å². The highest BCUT2D eigenvalue weighted by atomic mass is 19.1. The normalized spacial score (nSPS) is 14.5. The number of ether oxygens (including phenoxy) is 1. The maximum absolute atomic E-state index is 13.7. The van der Waals surface area contributed by atoms with Crippen molar-refractivity contribution >= 4 is 11.6 Å². The highest BCUT2D eigenvalue weighted by Gasteiger charge is 2.27. The molecule has 204 valence electrons. The molecule has 1 aliphatic rings. The number of nitrogens with zero attached hydrogens (tertiary/aromatic N) is 3. The van der Waals surface area contributed by atoms with Gasteiger partial charge in [0.2, 0.25) is 5.56 Å². The van der Waals surface area contributed by atoms with Gasteiger partial charge in [0.25, 0.3) is 5.91 Å². The van der Waals surface area contributed by atoms with Crippen molar-refractivity contribution in [2.45, 2.75) is 52.3 Å². The van der Waals surface area contributed by atoms with E-state index in [2.05, 4.69) is 37.3 Å². The molecule has 4 rings (SSSR count). The van der Waals surface area contributed by atoms with E-state index in [1.165, 1.54) is 25.3 Å². The molecule has 3 heterocycles. The molecule has 1 aromatic carbocycles. The fourth-order valence-electron chi connectivity index (χ4n) is 4.22. The SMILES string of the molecule is C=C(Cc1cc(C2CC(c3cc(C(=O)NCc4ccc(F)c(OC)c4)nc(C)n3)=NO2)cc(=O)[nH]1)NC(C)C. The Hall–Kier alpha value is -4.54. The van der Waals surface area contributed by atoms with Crippen LogP contribution in [-0.2, 0) is 17.8 Å². The number of methoxy groups -OCH3 is 1. The fourth-order valence-corrected chi connectivity index (χ4v) is 4.22. The van der Waals surface area contributed by atoms with Crippen molar-refractivity contribution in [3.05, 3.63) is 98.9 Å². The second-order valence-corrected chi connectivity index (χ2v) is 9.56. The van der Waals surface area contributed by atoms with Gasteiger partial charge in [0, 0.05) is 48.4 Å². The van der Waals surface area contributed by atoms with Crippen LogP contribution in [0.4, 0.5) is 4.39 Å². The van der Waals surface area contributed by atoms with Crippen molar-refractivity contribution in [3.8, 4) is 5.75 Å². The molecule has 1 amide bonds. The number of halogens is 1. The predicted octanol–water partition coefficient (Wildman–Crippen LogP) is 3.47. The number of aromatic amines is 1. The van der Waals surface area contributed by atoms with Crippen molar-refractivity contribution < 1.29 is 18.8 Å². The molecule has 11 heteroatoms. The number of allylic oxidation sites excluding steroid dienone is 1. The van der Waals surface area contributed by atoms with Crippen LogP contribution in [0.2, 0.25) is 0 Å². The number of aromatic nitrogens is 3. The first-order valence-corrected chi connectivity index (χ1v) is 12.5. The standard InChI is InChI=1S/C28H31FN6O4/c1-15(2)31-16(3)8-20-10-19(11-27(36)34-20)25-13-23(35-39-25)22-12-24(33-17(4)32-22)28(37)30-14-18-6-7-21(29)26(9-18)38-5/h6-7,9-12,15,25,31H,3,8,13-14H2,1-2,4-5H3,(H,30,37)(H,34,36). The minimum Gasteiger partial charge on any atom is -0.494 e. The van der Waals surface area contributed by atoms with E-state index >= 15 is 0 Å². The molecule has 1 aliphatic heterocycles. The fraction of sp³-hybridized carbons (Fsp3) is 0.321. The molecule has 10 nitrogen and oxygen atoms in total. The van der Waals surface area contributed by atoms with E-state index in [0.717, 1.165) is 5.70 Å². The van der Waals surface area contributed by atoms with Gasteiger partial charge < -0.3 is 25.2 Å². The Morgan fingerprint density at radius 2 is 2.05 bits per heavy atom. The van der Waals surface area contributed by atoms with Crippen molar-refractivity contribution in [1.82, 2.24) is 25.6 Å². The van der Waals surface area contributed by atoms with E-state index in [9.17, 15) is 14.0 Å². The molecular weight excluding hydrogens is 503 g/mol. The average molecular weight is 535 g/mol. The number of amides is 1. The van der Waals surface area contributed by atoms with E-state index in [1.807, 2.05) is 19.9 Å². The van der Waals surface area contributed by atoms with Crippen molar-refractivity contribution in [2.24, 2.45) is 5.16 Å². The van der Waals surface area contributed by atoms with Crippen LogP contribution in [0, 0.1) is 12.7 Å². The predicted molar refractivity (Wildman–Crippen MR) is 144 cm³/mol. The lowest BCUT2D eigenvalue weighted by atomic mass is 10.0. The van der Waals surface area contributed by atoms with Crippen LogP contribution in [-0.4, -0.2) is 39.7 Å². The van der Waals surface area contributed by atoms with Crippen molar-refractivity contribution in [1.29, 1.82) is 0 Å². The molecule has 0 spiro atoms. The molecule has 3 N–H and O–H groups in total. The average Bonchev–Trinajstić information content (AvgIpc) is 3.37. The molecule has 1 unspecified atom stereocenters. The quantitative estimate of drug-likeness (QED) is 0.363. The molecule has 0 saturated carbocycles. The van der Waals surface area contributed by atoms with Gasteiger partial charge in [-0.3, -0.25) is 9.59 Å².